The van der Waals surface area contributed by atoms with Gasteiger partial charge in [-0.2, -0.15) is 0 Å². The van der Waals surface area contributed by atoms with Gasteiger partial charge < -0.3 is 5.32 Å². The Labute approximate surface area is 132 Å². The van der Waals surface area contributed by atoms with Crippen molar-refractivity contribution >= 4 is 5.91 Å². The topological polar surface area (TPSA) is 29.1 Å². The van der Waals surface area contributed by atoms with Gasteiger partial charge in [0.1, 0.15) is 0 Å². The van der Waals surface area contributed by atoms with E-state index in [9.17, 15) is 4.79 Å². The lowest BCUT2D eigenvalue weighted by molar-refractivity contribution is -0.129. The number of carbonyl (C=O) groups excluding carboxylic acids is 1. The van der Waals surface area contributed by atoms with Crippen molar-refractivity contribution in [3.8, 4) is 11.8 Å². The third-order valence-electron chi connectivity index (χ3n) is 4.46. The van der Waals surface area contributed by atoms with Crippen molar-refractivity contribution in [2.24, 2.45) is 5.41 Å². The van der Waals surface area contributed by atoms with Crippen molar-refractivity contribution in [2.45, 2.75) is 38.6 Å². The number of rotatable bonds is 2. The van der Waals surface area contributed by atoms with Crippen LogP contribution in [0.3, 0.4) is 0 Å². The van der Waals surface area contributed by atoms with Gasteiger partial charge >= 0.3 is 0 Å². The summed E-state index contributed by atoms with van der Waals surface area (Å²) in [6, 6.07) is 10.3. The number of carbonyl (C=O) groups is 1. The zero-order chi connectivity index (χ0) is 15.4. The lowest BCUT2D eigenvalue weighted by Gasteiger charge is -2.32. The molecule has 0 spiro atoms. The first-order valence-electron chi connectivity index (χ1n) is 7.93. The Morgan fingerprint density at radius 1 is 1.23 bits per heavy atom. The summed E-state index contributed by atoms with van der Waals surface area (Å²) in [6.07, 6.45) is 10.2. The van der Waals surface area contributed by atoms with Crippen LogP contribution in [0.1, 0.15) is 38.2 Å². The van der Waals surface area contributed by atoms with Crippen molar-refractivity contribution in [3.05, 3.63) is 59.7 Å². The quantitative estimate of drug-likeness (QED) is 0.829. The fraction of sp³-hybridized carbons (Fsp3) is 0.350. The van der Waals surface area contributed by atoms with Crippen LogP contribution in [-0.2, 0) is 4.79 Å². The van der Waals surface area contributed by atoms with E-state index in [1.165, 1.54) is 6.42 Å². The highest BCUT2D eigenvalue weighted by Crippen LogP contribution is 2.30. The van der Waals surface area contributed by atoms with Crippen molar-refractivity contribution < 1.29 is 4.79 Å². The molecule has 112 valence electrons. The predicted molar refractivity (Wildman–Crippen MR) is 89.0 cm³/mol. The van der Waals surface area contributed by atoms with Crippen LogP contribution in [-0.4, -0.2) is 11.9 Å². The monoisotopic (exact) mass is 291 g/mol. The summed E-state index contributed by atoms with van der Waals surface area (Å²) in [5.74, 6) is 6.46. The number of amides is 1. The van der Waals surface area contributed by atoms with Gasteiger partial charge in [0.15, 0.2) is 0 Å². The second-order valence-corrected chi connectivity index (χ2v) is 6.33. The first kappa shape index (κ1) is 14.7. The molecule has 1 amide bonds. The molecule has 3 rings (SSSR count). The van der Waals surface area contributed by atoms with E-state index in [2.05, 4.69) is 23.2 Å². The SMILES string of the molecule is CC1(C(=O)NC2CCC2)C=CC(C#Cc2ccccc2)=CC1. The molecular formula is C20H21NO. The Morgan fingerprint density at radius 3 is 2.59 bits per heavy atom. The van der Waals surface area contributed by atoms with Gasteiger partial charge in [0, 0.05) is 17.2 Å². The predicted octanol–water partition coefficient (Wildman–Crippen LogP) is 3.60. The number of hydrogen-bond donors (Lipinski definition) is 1. The molecule has 2 aliphatic carbocycles. The summed E-state index contributed by atoms with van der Waals surface area (Å²) in [5.41, 5.74) is 1.55. The van der Waals surface area contributed by atoms with E-state index >= 15 is 0 Å². The van der Waals surface area contributed by atoms with Gasteiger partial charge in [-0.05, 0) is 50.8 Å². The van der Waals surface area contributed by atoms with Crippen molar-refractivity contribution in [1.82, 2.24) is 5.32 Å². The first-order valence-corrected chi connectivity index (χ1v) is 7.93. The summed E-state index contributed by atoms with van der Waals surface area (Å²) in [7, 11) is 0. The minimum absolute atomic E-state index is 0.139. The van der Waals surface area contributed by atoms with Gasteiger partial charge in [-0.25, -0.2) is 0 Å². The standard InChI is InChI=1S/C20H21NO/c1-20(19(22)21-18-8-5-9-18)14-12-17(13-15-20)11-10-16-6-3-2-4-7-16/h2-4,6-7,12-14,18H,5,8-9,15H2,1H3,(H,21,22). The van der Waals surface area contributed by atoms with Gasteiger partial charge in [-0.3, -0.25) is 4.79 Å². The maximum atomic E-state index is 12.4. The maximum Gasteiger partial charge on any atom is 0.230 e. The highest BCUT2D eigenvalue weighted by Gasteiger charge is 2.33. The van der Waals surface area contributed by atoms with Gasteiger partial charge in [0.25, 0.3) is 0 Å². The van der Waals surface area contributed by atoms with Gasteiger partial charge in [0.2, 0.25) is 5.91 Å². The third-order valence-corrected chi connectivity index (χ3v) is 4.46. The molecule has 0 aromatic heterocycles. The molecule has 1 N–H and O–H groups in total. The molecule has 0 saturated heterocycles. The van der Waals surface area contributed by atoms with Gasteiger partial charge in [-0.15, -0.1) is 0 Å². The van der Waals surface area contributed by atoms with E-state index in [4.69, 9.17) is 0 Å². The van der Waals surface area contributed by atoms with Gasteiger partial charge in [-0.1, -0.05) is 42.2 Å². The normalized spacial score (nSPS) is 23.8. The minimum atomic E-state index is -0.437. The molecule has 1 fully saturated rings. The Kier molecular flexibility index (Phi) is 4.15. The van der Waals surface area contributed by atoms with Gasteiger partial charge in [0.05, 0.1) is 5.41 Å². The Hall–Kier alpha value is -2.27. The number of allylic oxidation sites excluding steroid dienone is 3. The lowest BCUT2D eigenvalue weighted by Crippen LogP contribution is -2.46. The molecule has 2 aliphatic rings. The highest BCUT2D eigenvalue weighted by molar-refractivity contribution is 5.85. The molecule has 1 saturated carbocycles. The van der Waals surface area contributed by atoms with Crippen LogP contribution in [0.5, 0.6) is 0 Å². The smallest absolute Gasteiger partial charge is 0.230 e. The fourth-order valence-corrected chi connectivity index (χ4v) is 2.56. The largest absolute Gasteiger partial charge is 0.353 e. The molecule has 0 radical (unpaired) electrons. The van der Waals surface area contributed by atoms with Crippen molar-refractivity contribution in [3.63, 3.8) is 0 Å². The fourth-order valence-electron chi connectivity index (χ4n) is 2.56. The molecule has 1 atom stereocenters. The second kappa shape index (κ2) is 6.23. The summed E-state index contributed by atoms with van der Waals surface area (Å²) >= 11 is 0. The van der Waals surface area contributed by atoms with Crippen LogP contribution in [0.25, 0.3) is 0 Å². The molecule has 1 aromatic rings. The van der Waals surface area contributed by atoms with Crippen LogP contribution < -0.4 is 5.32 Å². The van der Waals surface area contributed by atoms with Crippen LogP contribution in [0.2, 0.25) is 0 Å². The van der Waals surface area contributed by atoms with Crippen LogP contribution in [0.4, 0.5) is 0 Å². The highest BCUT2D eigenvalue weighted by atomic mass is 16.2. The van der Waals surface area contributed by atoms with E-state index in [0.29, 0.717) is 12.5 Å². The van der Waals surface area contributed by atoms with E-state index in [1.807, 2.05) is 49.4 Å². The molecule has 22 heavy (non-hydrogen) atoms. The average Bonchev–Trinajstić information content (AvgIpc) is 2.51. The Balaban J connectivity index is 1.63. The van der Waals surface area contributed by atoms with E-state index in [1.54, 1.807) is 0 Å². The molecular weight excluding hydrogens is 270 g/mol. The van der Waals surface area contributed by atoms with Crippen molar-refractivity contribution in [1.29, 1.82) is 0 Å². The Morgan fingerprint density at radius 2 is 2.00 bits per heavy atom. The van der Waals surface area contributed by atoms with E-state index in [-0.39, 0.29) is 5.91 Å². The zero-order valence-corrected chi connectivity index (χ0v) is 12.9. The molecule has 0 heterocycles. The summed E-state index contributed by atoms with van der Waals surface area (Å²) in [5, 5.41) is 3.14. The second-order valence-electron chi connectivity index (χ2n) is 6.33. The zero-order valence-electron chi connectivity index (χ0n) is 12.9. The lowest BCUT2D eigenvalue weighted by atomic mass is 9.80. The van der Waals surface area contributed by atoms with Crippen molar-refractivity contribution in [2.75, 3.05) is 0 Å². The molecule has 2 nitrogen and oxygen atoms in total. The number of hydrogen-bond acceptors (Lipinski definition) is 1. The number of nitrogens with one attached hydrogen (secondary N) is 1. The summed E-state index contributed by atoms with van der Waals surface area (Å²) < 4.78 is 0. The molecule has 1 aromatic carbocycles. The number of benzene rings is 1. The molecule has 1 unspecified atom stereocenters. The average molecular weight is 291 g/mol. The first-order chi connectivity index (χ1) is 10.7. The molecule has 2 heteroatoms. The summed E-state index contributed by atoms with van der Waals surface area (Å²) in [4.78, 5) is 12.4. The van der Waals surface area contributed by atoms with E-state index < -0.39 is 5.41 Å². The van der Waals surface area contributed by atoms with E-state index in [0.717, 1.165) is 24.0 Å². The molecule has 0 aliphatic heterocycles. The molecule has 0 bridgehead atoms. The van der Waals surface area contributed by atoms with Crippen LogP contribution in [0, 0.1) is 17.3 Å². The van der Waals surface area contributed by atoms with Crippen LogP contribution >= 0.6 is 0 Å². The third kappa shape index (κ3) is 3.31. The minimum Gasteiger partial charge on any atom is -0.353 e. The Bertz CT molecular complexity index is 671. The maximum absolute atomic E-state index is 12.4. The van der Waals surface area contributed by atoms with Crippen LogP contribution in [0.15, 0.2) is 54.1 Å². The summed E-state index contributed by atoms with van der Waals surface area (Å²) in [6.45, 7) is 2.00.